The van der Waals surface area contributed by atoms with Gasteiger partial charge in [-0.1, -0.05) is 0 Å². The van der Waals surface area contributed by atoms with E-state index < -0.39 is 78.5 Å². The van der Waals surface area contributed by atoms with Crippen molar-refractivity contribution in [3.05, 3.63) is 0 Å². The highest BCUT2D eigenvalue weighted by molar-refractivity contribution is 7.80. The van der Waals surface area contributed by atoms with E-state index in [2.05, 4.69) is 23.3 Å². The zero-order valence-corrected chi connectivity index (χ0v) is 17.5. The number of hydrogen-bond donors (Lipinski definition) is 9. The number of nitrogens with two attached hydrogens (primary N) is 2. The number of nitrogens with one attached hydrogen (secondary N) is 3. The fourth-order valence-electron chi connectivity index (χ4n) is 2.23. The first kappa shape index (κ1) is 28.6. The number of hydrogen-bond acceptors (Lipinski definition) is 9. The molecule has 180 valence electrons. The molecule has 0 saturated carbocycles. The summed E-state index contributed by atoms with van der Waals surface area (Å²) in [7, 11) is 0. The molecule has 0 fully saturated rings. The van der Waals surface area contributed by atoms with E-state index in [9.17, 15) is 33.6 Å². The van der Waals surface area contributed by atoms with E-state index >= 15 is 0 Å². The molecule has 0 aromatic carbocycles. The minimum atomic E-state index is -1.78. The van der Waals surface area contributed by atoms with Crippen LogP contribution in [0.2, 0.25) is 0 Å². The second-order valence-electron chi connectivity index (χ2n) is 6.51. The topological polar surface area (TPSA) is 268 Å². The molecule has 4 amide bonds. The monoisotopic (exact) mass is 479 g/mol. The Morgan fingerprint density at radius 2 is 1.22 bits per heavy atom. The molecule has 0 bridgehead atoms. The van der Waals surface area contributed by atoms with Gasteiger partial charge >= 0.3 is 17.9 Å². The van der Waals surface area contributed by atoms with Gasteiger partial charge in [0, 0.05) is 12.2 Å². The highest BCUT2D eigenvalue weighted by Crippen LogP contribution is 2.02. The number of carboxylic acids is 3. The number of rotatable bonds is 15. The molecule has 0 radical (unpaired) electrons. The predicted molar refractivity (Wildman–Crippen MR) is 108 cm³/mol. The highest BCUT2D eigenvalue weighted by atomic mass is 32.1. The Bertz CT molecular complexity index is 761. The minimum Gasteiger partial charge on any atom is -0.481 e. The lowest BCUT2D eigenvalue weighted by Gasteiger charge is -2.24. The van der Waals surface area contributed by atoms with Gasteiger partial charge in [-0.15, -0.1) is 0 Å². The molecule has 0 aliphatic carbocycles. The predicted octanol–water partition coefficient (Wildman–Crippen LogP) is -4.00. The van der Waals surface area contributed by atoms with Crippen molar-refractivity contribution in [2.45, 2.75) is 49.9 Å². The molecule has 0 saturated heterocycles. The van der Waals surface area contributed by atoms with Crippen LogP contribution < -0.4 is 27.4 Å². The number of primary amides is 1. The van der Waals surface area contributed by atoms with Gasteiger partial charge in [0.15, 0.2) is 0 Å². The molecule has 0 aromatic heterocycles. The van der Waals surface area contributed by atoms with E-state index in [0.29, 0.717) is 0 Å². The van der Waals surface area contributed by atoms with Gasteiger partial charge in [0.25, 0.3) is 0 Å². The van der Waals surface area contributed by atoms with Crippen LogP contribution >= 0.6 is 12.6 Å². The van der Waals surface area contributed by atoms with Crippen LogP contribution in [0, 0.1) is 0 Å². The second-order valence-corrected chi connectivity index (χ2v) is 6.88. The lowest BCUT2D eigenvalue weighted by Crippen LogP contribution is -2.58. The van der Waals surface area contributed by atoms with Gasteiger partial charge in [0.1, 0.15) is 18.1 Å². The average Bonchev–Trinajstić information content (AvgIpc) is 2.66. The van der Waals surface area contributed by atoms with Gasteiger partial charge in [-0.25, -0.2) is 4.79 Å². The molecule has 0 spiro atoms. The first-order valence-electron chi connectivity index (χ1n) is 9.00. The smallest absolute Gasteiger partial charge is 0.326 e. The van der Waals surface area contributed by atoms with Crippen molar-refractivity contribution in [2.24, 2.45) is 11.5 Å². The van der Waals surface area contributed by atoms with Crippen LogP contribution in [0.1, 0.15) is 25.7 Å². The van der Waals surface area contributed by atoms with Crippen LogP contribution in [0.25, 0.3) is 0 Å². The second kappa shape index (κ2) is 13.8. The van der Waals surface area contributed by atoms with Gasteiger partial charge in [-0.3, -0.25) is 28.8 Å². The molecule has 0 aliphatic rings. The Hall–Kier alpha value is -3.40. The number of aliphatic carboxylic acids is 3. The fourth-order valence-corrected chi connectivity index (χ4v) is 2.49. The summed E-state index contributed by atoms with van der Waals surface area (Å²) >= 11 is 3.88. The standard InChI is InChI=1S/C16H25N5O10S/c17-6(3-11(23)24)13(27)19-7(1-2-10(18)22)14(28)21-9(5-32)15(29)20-8(16(30)31)4-12(25)26/h6-9,32H,1-5,17H2,(H2,18,22)(H,19,27)(H,20,29)(H,21,28)(H,23,24)(H,25,26)(H,30,31). The van der Waals surface area contributed by atoms with Crippen LogP contribution in [-0.4, -0.2) is 86.8 Å². The number of thiol groups is 1. The van der Waals surface area contributed by atoms with Crippen molar-refractivity contribution in [3.8, 4) is 0 Å². The zero-order valence-electron chi connectivity index (χ0n) is 16.6. The van der Waals surface area contributed by atoms with E-state index in [1.165, 1.54) is 0 Å². The van der Waals surface area contributed by atoms with Gasteiger partial charge in [0.05, 0.1) is 18.9 Å². The summed E-state index contributed by atoms with van der Waals surface area (Å²) in [6, 6.07) is -6.17. The summed E-state index contributed by atoms with van der Waals surface area (Å²) in [5.74, 6) is -8.71. The summed E-state index contributed by atoms with van der Waals surface area (Å²) in [4.78, 5) is 80.4. The third-order valence-electron chi connectivity index (χ3n) is 3.85. The van der Waals surface area contributed by atoms with Gasteiger partial charge in [0.2, 0.25) is 23.6 Å². The Balaban J connectivity index is 5.33. The first-order valence-corrected chi connectivity index (χ1v) is 9.63. The van der Waals surface area contributed by atoms with Crippen LogP contribution in [0.4, 0.5) is 0 Å². The first-order chi connectivity index (χ1) is 14.8. The van der Waals surface area contributed by atoms with Crippen LogP contribution in [0.15, 0.2) is 0 Å². The largest absolute Gasteiger partial charge is 0.481 e. The number of carbonyl (C=O) groups excluding carboxylic acids is 4. The third kappa shape index (κ3) is 11.1. The summed E-state index contributed by atoms with van der Waals surface area (Å²) in [6.07, 6.45) is -2.33. The Morgan fingerprint density at radius 3 is 1.66 bits per heavy atom. The molecule has 15 nitrogen and oxygen atoms in total. The van der Waals surface area contributed by atoms with Crippen molar-refractivity contribution >= 4 is 54.2 Å². The maximum atomic E-state index is 12.5. The molecule has 0 aromatic rings. The van der Waals surface area contributed by atoms with E-state index in [1.54, 1.807) is 0 Å². The minimum absolute atomic E-state index is 0.315. The van der Waals surface area contributed by atoms with E-state index in [4.69, 9.17) is 26.8 Å². The maximum Gasteiger partial charge on any atom is 0.326 e. The zero-order chi connectivity index (χ0) is 25.0. The SMILES string of the molecule is NC(=O)CCC(NC(=O)C(N)CC(=O)O)C(=O)NC(CS)C(=O)NC(CC(=O)O)C(=O)O. The molecule has 4 unspecified atom stereocenters. The lowest BCUT2D eigenvalue weighted by molar-refractivity contribution is -0.147. The van der Waals surface area contributed by atoms with Crippen LogP contribution in [-0.2, 0) is 33.6 Å². The van der Waals surface area contributed by atoms with Gasteiger partial charge in [-0.05, 0) is 6.42 Å². The molecule has 0 heterocycles. The molecular weight excluding hydrogens is 454 g/mol. The normalized spacial score (nSPS) is 14.2. The van der Waals surface area contributed by atoms with Crippen molar-refractivity contribution < 1.29 is 48.9 Å². The van der Waals surface area contributed by atoms with E-state index in [0.717, 1.165) is 0 Å². The molecule has 0 aliphatic heterocycles. The maximum absolute atomic E-state index is 12.5. The Kier molecular flexibility index (Phi) is 12.3. The average molecular weight is 479 g/mol. The van der Waals surface area contributed by atoms with Crippen LogP contribution in [0.3, 0.4) is 0 Å². The van der Waals surface area contributed by atoms with Crippen LogP contribution in [0.5, 0.6) is 0 Å². The molecule has 10 N–H and O–H groups in total. The molecule has 0 rings (SSSR count). The van der Waals surface area contributed by atoms with Crippen molar-refractivity contribution in [2.75, 3.05) is 5.75 Å². The number of amides is 4. The number of carboxylic acid groups (broad SMARTS) is 3. The molecule has 16 heteroatoms. The van der Waals surface area contributed by atoms with Gasteiger partial charge < -0.3 is 42.7 Å². The molecular formula is C16H25N5O10S. The van der Waals surface area contributed by atoms with E-state index in [1.807, 2.05) is 5.32 Å². The summed E-state index contributed by atoms with van der Waals surface area (Å²) in [6.45, 7) is 0. The van der Waals surface area contributed by atoms with Gasteiger partial charge in [-0.2, -0.15) is 12.6 Å². The lowest BCUT2D eigenvalue weighted by atomic mass is 10.1. The highest BCUT2D eigenvalue weighted by Gasteiger charge is 2.31. The quantitative estimate of drug-likeness (QED) is 0.102. The summed E-state index contributed by atoms with van der Waals surface area (Å²) in [5.41, 5.74) is 10.5. The van der Waals surface area contributed by atoms with Crippen molar-refractivity contribution in [3.63, 3.8) is 0 Å². The molecule has 32 heavy (non-hydrogen) atoms. The summed E-state index contributed by atoms with van der Waals surface area (Å²) in [5, 5.41) is 32.7. The Morgan fingerprint density at radius 1 is 0.750 bits per heavy atom. The van der Waals surface area contributed by atoms with Crippen molar-refractivity contribution in [1.82, 2.24) is 16.0 Å². The van der Waals surface area contributed by atoms with Crippen molar-refractivity contribution in [1.29, 1.82) is 0 Å². The third-order valence-corrected chi connectivity index (χ3v) is 4.22. The Labute approximate surface area is 186 Å². The summed E-state index contributed by atoms with van der Waals surface area (Å²) < 4.78 is 0. The fraction of sp³-hybridized carbons (Fsp3) is 0.562. The van der Waals surface area contributed by atoms with E-state index in [-0.39, 0.29) is 18.6 Å². The number of carbonyl (C=O) groups is 7. The molecule has 4 atom stereocenters.